The molecule has 1 aromatic carbocycles. The second-order valence-corrected chi connectivity index (χ2v) is 6.25. The number of fused-ring (bicyclic) bond motifs is 3. The number of nitrogens with zero attached hydrogens (tertiary/aromatic N) is 3. The molecule has 3 heterocycles. The van der Waals surface area contributed by atoms with Crippen molar-refractivity contribution < 1.29 is 19.4 Å². The fourth-order valence-corrected chi connectivity index (χ4v) is 3.72. The van der Waals surface area contributed by atoms with Gasteiger partial charge in [-0.3, -0.25) is 4.79 Å². The third kappa shape index (κ3) is 1.96. The first-order chi connectivity index (χ1) is 11.0. The maximum Gasteiger partial charge on any atom is 0.339 e. The average molecular weight is 317 g/mol. The van der Waals surface area contributed by atoms with Crippen LogP contribution in [0.2, 0.25) is 0 Å². The summed E-state index contributed by atoms with van der Waals surface area (Å²) < 4.78 is 5.59. The van der Waals surface area contributed by atoms with E-state index in [-0.39, 0.29) is 18.5 Å². The van der Waals surface area contributed by atoms with Gasteiger partial charge in [0.25, 0.3) is 11.8 Å². The van der Waals surface area contributed by atoms with Gasteiger partial charge in [0.15, 0.2) is 0 Å². The van der Waals surface area contributed by atoms with Crippen molar-refractivity contribution in [3.05, 3.63) is 35.9 Å². The van der Waals surface area contributed by atoms with E-state index in [0.717, 1.165) is 17.0 Å². The standard InChI is InChI=1S/C16H19N3O4/c1-11-14(20)19-16(22,23-11)13-8-5-9-17(13)15(21)18(19)10-12-6-3-2-4-7-12/h2-4,6-7,11,13,22H,5,8-10H2,1H3/t11-,13-,16-/m0/s1. The number of urea groups is 1. The summed E-state index contributed by atoms with van der Waals surface area (Å²) in [7, 11) is 0. The second kappa shape index (κ2) is 4.94. The van der Waals surface area contributed by atoms with E-state index in [1.807, 2.05) is 30.3 Å². The largest absolute Gasteiger partial charge is 0.346 e. The molecule has 3 aliphatic rings. The number of hydrazine groups is 1. The number of amides is 3. The summed E-state index contributed by atoms with van der Waals surface area (Å²) in [5.74, 6) is -2.15. The number of hydrogen-bond donors (Lipinski definition) is 1. The Hall–Kier alpha value is -2.12. The van der Waals surface area contributed by atoms with E-state index < -0.39 is 18.1 Å². The zero-order valence-electron chi connectivity index (χ0n) is 12.9. The maximum atomic E-state index is 12.8. The molecule has 0 radical (unpaired) electrons. The fraction of sp³-hybridized carbons (Fsp3) is 0.500. The number of carbonyl (C=O) groups excluding carboxylic acids is 2. The van der Waals surface area contributed by atoms with Gasteiger partial charge in [0.1, 0.15) is 12.1 Å². The number of benzene rings is 1. The van der Waals surface area contributed by atoms with E-state index in [4.69, 9.17) is 4.74 Å². The first-order valence-corrected chi connectivity index (χ1v) is 7.88. The maximum absolute atomic E-state index is 12.8. The molecule has 3 aliphatic heterocycles. The van der Waals surface area contributed by atoms with Gasteiger partial charge in [-0.15, -0.1) is 0 Å². The molecule has 0 aromatic heterocycles. The lowest BCUT2D eigenvalue weighted by atomic mass is 10.1. The molecule has 1 aromatic rings. The van der Waals surface area contributed by atoms with Gasteiger partial charge in [0.05, 0.1) is 6.54 Å². The van der Waals surface area contributed by atoms with Gasteiger partial charge >= 0.3 is 6.03 Å². The smallest absolute Gasteiger partial charge is 0.339 e. The lowest BCUT2D eigenvalue weighted by Gasteiger charge is -2.50. The lowest BCUT2D eigenvalue weighted by molar-refractivity contribution is -0.329. The summed E-state index contributed by atoms with van der Waals surface area (Å²) in [4.78, 5) is 27.0. The van der Waals surface area contributed by atoms with Crippen molar-refractivity contribution in [3.63, 3.8) is 0 Å². The Morgan fingerprint density at radius 3 is 2.78 bits per heavy atom. The molecule has 3 fully saturated rings. The van der Waals surface area contributed by atoms with Crippen LogP contribution < -0.4 is 0 Å². The van der Waals surface area contributed by atoms with Gasteiger partial charge in [-0.2, -0.15) is 5.01 Å². The summed E-state index contributed by atoms with van der Waals surface area (Å²) >= 11 is 0. The molecule has 7 heteroatoms. The minimum Gasteiger partial charge on any atom is -0.346 e. The van der Waals surface area contributed by atoms with Crippen LogP contribution in [-0.2, 0) is 16.1 Å². The van der Waals surface area contributed by atoms with Gasteiger partial charge in [0, 0.05) is 6.54 Å². The topological polar surface area (TPSA) is 73.3 Å². The summed E-state index contributed by atoms with van der Waals surface area (Å²) in [6.45, 7) is 2.38. The fourth-order valence-electron chi connectivity index (χ4n) is 3.72. The predicted molar refractivity (Wildman–Crippen MR) is 79.5 cm³/mol. The number of aliphatic hydroxyl groups is 1. The van der Waals surface area contributed by atoms with Crippen LogP contribution in [0.5, 0.6) is 0 Å². The Kier molecular flexibility index (Phi) is 3.11. The molecule has 122 valence electrons. The van der Waals surface area contributed by atoms with Crippen LogP contribution in [0.4, 0.5) is 4.79 Å². The quantitative estimate of drug-likeness (QED) is 0.879. The van der Waals surface area contributed by atoms with Crippen molar-refractivity contribution in [3.8, 4) is 0 Å². The molecule has 7 nitrogen and oxygen atoms in total. The van der Waals surface area contributed by atoms with E-state index in [2.05, 4.69) is 0 Å². The highest BCUT2D eigenvalue weighted by atomic mass is 16.7. The molecule has 0 aliphatic carbocycles. The Morgan fingerprint density at radius 1 is 1.30 bits per heavy atom. The number of hydrogen-bond acceptors (Lipinski definition) is 4. The zero-order valence-corrected chi connectivity index (χ0v) is 12.9. The molecule has 1 N–H and O–H groups in total. The van der Waals surface area contributed by atoms with Crippen molar-refractivity contribution in [2.75, 3.05) is 6.54 Å². The Balaban J connectivity index is 1.74. The third-order valence-electron chi connectivity index (χ3n) is 4.78. The second-order valence-electron chi connectivity index (χ2n) is 6.25. The number of ether oxygens (including phenoxy) is 1. The normalized spacial score (nSPS) is 33.2. The third-order valence-corrected chi connectivity index (χ3v) is 4.78. The molecule has 3 atom stereocenters. The van der Waals surface area contributed by atoms with Crippen molar-refractivity contribution >= 4 is 11.9 Å². The summed E-state index contributed by atoms with van der Waals surface area (Å²) in [6.07, 6.45) is 0.641. The van der Waals surface area contributed by atoms with Gasteiger partial charge in [-0.1, -0.05) is 30.3 Å². The number of carbonyl (C=O) groups is 2. The highest BCUT2D eigenvalue weighted by molar-refractivity contribution is 5.87. The highest BCUT2D eigenvalue weighted by Crippen LogP contribution is 2.42. The van der Waals surface area contributed by atoms with Crippen molar-refractivity contribution in [1.29, 1.82) is 0 Å². The van der Waals surface area contributed by atoms with Crippen LogP contribution >= 0.6 is 0 Å². The van der Waals surface area contributed by atoms with Crippen LogP contribution in [0, 0.1) is 0 Å². The lowest BCUT2D eigenvalue weighted by Crippen LogP contribution is -2.72. The summed E-state index contributed by atoms with van der Waals surface area (Å²) in [6, 6.07) is 8.64. The zero-order chi connectivity index (χ0) is 16.2. The number of rotatable bonds is 2. The Morgan fingerprint density at radius 2 is 2.04 bits per heavy atom. The van der Waals surface area contributed by atoms with Gasteiger partial charge < -0.3 is 14.7 Å². The van der Waals surface area contributed by atoms with Crippen LogP contribution in [0.15, 0.2) is 30.3 Å². The van der Waals surface area contributed by atoms with Gasteiger partial charge in [-0.05, 0) is 25.3 Å². The van der Waals surface area contributed by atoms with Crippen LogP contribution in [0.25, 0.3) is 0 Å². The van der Waals surface area contributed by atoms with Gasteiger partial charge in [0.2, 0.25) is 0 Å². The molecule has 0 spiro atoms. The highest BCUT2D eigenvalue weighted by Gasteiger charge is 2.64. The van der Waals surface area contributed by atoms with E-state index in [0.29, 0.717) is 13.0 Å². The summed E-state index contributed by atoms with van der Waals surface area (Å²) in [5, 5.41) is 13.5. The van der Waals surface area contributed by atoms with Crippen molar-refractivity contribution in [2.45, 2.75) is 44.4 Å². The van der Waals surface area contributed by atoms with Gasteiger partial charge in [-0.25, -0.2) is 9.80 Å². The SMILES string of the molecule is C[C@@H]1O[C@@]2(O)[C@@H]3CCCN3C(=O)N(Cc3ccccc3)N2C1=O. The van der Waals surface area contributed by atoms with E-state index >= 15 is 0 Å². The minimum absolute atomic E-state index is 0.215. The molecule has 4 rings (SSSR count). The van der Waals surface area contributed by atoms with Crippen LogP contribution in [0.3, 0.4) is 0 Å². The van der Waals surface area contributed by atoms with Crippen molar-refractivity contribution in [2.24, 2.45) is 0 Å². The molecular formula is C16H19N3O4. The predicted octanol–water partition coefficient (Wildman–Crippen LogP) is 0.895. The van der Waals surface area contributed by atoms with E-state index in [9.17, 15) is 14.7 Å². The Labute approximate surface area is 134 Å². The monoisotopic (exact) mass is 317 g/mol. The molecule has 0 unspecified atom stereocenters. The summed E-state index contributed by atoms with van der Waals surface area (Å²) in [5.41, 5.74) is 0.883. The Bertz CT molecular complexity index is 652. The first kappa shape index (κ1) is 14.5. The minimum atomic E-state index is -1.77. The van der Waals surface area contributed by atoms with E-state index in [1.165, 1.54) is 5.01 Å². The molecule has 3 saturated heterocycles. The van der Waals surface area contributed by atoms with Crippen LogP contribution in [-0.4, -0.2) is 56.6 Å². The molecule has 3 amide bonds. The van der Waals surface area contributed by atoms with Crippen molar-refractivity contribution in [1.82, 2.24) is 14.9 Å². The molecule has 23 heavy (non-hydrogen) atoms. The molecule has 0 saturated carbocycles. The van der Waals surface area contributed by atoms with E-state index in [1.54, 1.807) is 11.8 Å². The average Bonchev–Trinajstić information content (AvgIpc) is 3.11. The van der Waals surface area contributed by atoms with Crippen LogP contribution in [0.1, 0.15) is 25.3 Å². The first-order valence-electron chi connectivity index (χ1n) is 7.88. The molecular weight excluding hydrogens is 298 g/mol. The molecule has 0 bridgehead atoms.